The van der Waals surface area contributed by atoms with E-state index in [1.165, 1.54) is 0 Å². The van der Waals surface area contributed by atoms with Crippen molar-refractivity contribution in [3.05, 3.63) is 181 Å². The highest BCUT2D eigenvalue weighted by Gasteiger charge is 2.33. The minimum atomic E-state index is -3.34. The molecule has 1 aliphatic rings. The van der Waals surface area contributed by atoms with E-state index in [1.54, 1.807) is 0 Å². The monoisotopic (exact) mass is 683 g/mol. The Balaban J connectivity index is 1.20. The summed E-state index contributed by atoms with van der Waals surface area (Å²) in [4.78, 5) is 9.31. The van der Waals surface area contributed by atoms with Crippen LogP contribution in [0.2, 0.25) is 0 Å². The number of aromatic nitrogens is 2. The van der Waals surface area contributed by atoms with E-state index in [1.807, 2.05) is 140 Å². The molecule has 0 amide bonds. The Morgan fingerprint density at radius 3 is 1.68 bits per heavy atom. The van der Waals surface area contributed by atoms with Crippen LogP contribution in [-0.2, 0) is 15.7 Å². The molecule has 5 nitrogen and oxygen atoms in total. The molecule has 2 aromatic heterocycles. The zero-order valence-corrected chi connectivity index (χ0v) is 28.8. The average Bonchev–Trinajstić information content (AvgIpc) is 3.80. The van der Waals surface area contributed by atoms with E-state index in [2.05, 4.69) is 46.0 Å². The van der Waals surface area contributed by atoms with Crippen molar-refractivity contribution in [1.82, 2.24) is 9.55 Å². The highest BCUT2D eigenvalue weighted by Crippen LogP contribution is 2.45. The van der Waals surface area contributed by atoms with Crippen molar-refractivity contribution in [2.75, 3.05) is 0 Å². The minimum absolute atomic E-state index is 0.495. The van der Waals surface area contributed by atoms with Crippen LogP contribution >= 0.6 is 14.3 Å². The summed E-state index contributed by atoms with van der Waals surface area (Å²) in [6.07, 6.45) is 1.83. The van der Waals surface area contributed by atoms with Crippen molar-refractivity contribution in [1.29, 1.82) is 0 Å². The van der Waals surface area contributed by atoms with Crippen LogP contribution in [0.3, 0.4) is 0 Å². The summed E-state index contributed by atoms with van der Waals surface area (Å²) in [7, 11) is -6.46. The van der Waals surface area contributed by atoms with Gasteiger partial charge in [-0.3, -0.25) is 4.99 Å². The third kappa shape index (κ3) is 4.77. The molecular weight excluding hydrogens is 652 g/mol. The number of hydrogen-bond donors (Lipinski definition) is 0. The van der Waals surface area contributed by atoms with Crippen molar-refractivity contribution in [3.8, 4) is 5.69 Å². The number of hydrogen-bond acceptors (Lipinski definition) is 4. The smallest absolute Gasteiger partial charge is 0.188 e. The van der Waals surface area contributed by atoms with Gasteiger partial charge in [-0.2, -0.15) is 0 Å². The maximum absolute atomic E-state index is 15.5. The van der Waals surface area contributed by atoms with Gasteiger partial charge in [-0.25, -0.2) is 4.98 Å². The first-order valence-corrected chi connectivity index (χ1v) is 20.0. The molecule has 0 N–H and O–H groups in total. The zero-order chi connectivity index (χ0) is 33.7. The van der Waals surface area contributed by atoms with Crippen molar-refractivity contribution in [2.45, 2.75) is 6.54 Å². The third-order valence-corrected chi connectivity index (χ3v) is 15.6. The van der Waals surface area contributed by atoms with Gasteiger partial charge in [-0.05, 0) is 60.7 Å². The maximum atomic E-state index is 15.5. The fourth-order valence-corrected chi connectivity index (χ4v) is 12.4. The van der Waals surface area contributed by atoms with Gasteiger partial charge in [0.05, 0.1) is 23.3 Å². The highest BCUT2D eigenvalue weighted by molar-refractivity contribution is 7.85. The van der Waals surface area contributed by atoms with E-state index in [9.17, 15) is 0 Å². The Morgan fingerprint density at radius 1 is 0.480 bits per heavy atom. The van der Waals surface area contributed by atoms with Crippen LogP contribution in [0.4, 0.5) is 0 Å². The zero-order valence-electron chi connectivity index (χ0n) is 27.0. The van der Waals surface area contributed by atoms with Crippen LogP contribution in [0, 0.1) is 0 Å². The number of pyridine rings is 1. The number of fused-ring (bicyclic) bond motifs is 4. The minimum Gasteiger partial charge on any atom is -0.309 e. The van der Waals surface area contributed by atoms with E-state index < -0.39 is 14.3 Å². The normalized spacial score (nSPS) is 13.8. The van der Waals surface area contributed by atoms with E-state index >= 15 is 9.13 Å². The first-order chi connectivity index (χ1) is 24.5. The summed E-state index contributed by atoms with van der Waals surface area (Å²) in [5.41, 5.74) is 5.36. The standard InChI is InChI=1S/C43H31N3O2P2/c47-49(33-12-4-1-5-13-33,34-14-6-2-7-15-34)36-23-21-32(22-24-36)46-41-19-11-10-18-38(41)39-28-37(25-26-42(39)46)50(48,35-16-8-3-9-17-35)43-27-20-31-29-44-30-40(31)45-43/h1-29H,30H2. The van der Waals surface area contributed by atoms with Crippen molar-refractivity contribution in [2.24, 2.45) is 4.99 Å². The van der Waals surface area contributed by atoms with Crippen molar-refractivity contribution >= 4 is 74.3 Å². The molecule has 240 valence electrons. The summed E-state index contributed by atoms with van der Waals surface area (Å²) in [6.45, 7) is 0.495. The fraction of sp³-hybridized carbons (Fsp3) is 0.0233. The lowest BCUT2D eigenvalue weighted by Crippen LogP contribution is -2.27. The maximum Gasteiger partial charge on any atom is 0.188 e. The number of benzene rings is 6. The molecule has 0 spiro atoms. The fourth-order valence-electron chi connectivity index (χ4n) is 7.17. The summed E-state index contributed by atoms with van der Waals surface area (Å²) < 4.78 is 32.8. The molecule has 0 saturated heterocycles. The van der Waals surface area contributed by atoms with Crippen LogP contribution in [-0.4, -0.2) is 15.8 Å². The quantitative estimate of drug-likeness (QED) is 0.165. The molecule has 9 rings (SSSR count). The van der Waals surface area contributed by atoms with Crippen LogP contribution in [0.25, 0.3) is 27.5 Å². The third-order valence-electron chi connectivity index (χ3n) is 9.64. The van der Waals surface area contributed by atoms with Crippen LogP contribution < -0.4 is 32.0 Å². The first-order valence-electron chi connectivity index (χ1n) is 16.6. The number of rotatable bonds is 7. The number of aliphatic imine (C=N–C) groups is 1. The average molecular weight is 684 g/mol. The molecule has 7 heteroatoms. The molecule has 6 aromatic carbocycles. The molecule has 0 saturated carbocycles. The van der Waals surface area contributed by atoms with Gasteiger partial charge >= 0.3 is 0 Å². The first kappa shape index (κ1) is 30.5. The SMILES string of the molecule is O=P(c1ccccc1)(c1ccccc1)c1ccc(-n2c3ccccc3c3cc(P(=O)(c4ccccc4)c4ccc5c(n4)CN=C5)ccc32)cc1. The molecule has 0 radical (unpaired) electrons. The van der Waals surface area contributed by atoms with E-state index in [-0.39, 0.29) is 0 Å². The van der Waals surface area contributed by atoms with Crippen LogP contribution in [0.1, 0.15) is 11.3 Å². The highest BCUT2D eigenvalue weighted by atomic mass is 31.2. The molecule has 1 aliphatic heterocycles. The van der Waals surface area contributed by atoms with Crippen LogP contribution in [0.5, 0.6) is 0 Å². The Labute approximate surface area is 290 Å². The van der Waals surface area contributed by atoms with E-state index in [0.29, 0.717) is 12.0 Å². The van der Waals surface area contributed by atoms with Gasteiger partial charge in [0.1, 0.15) is 5.44 Å². The van der Waals surface area contributed by atoms with Crippen LogP contribution in [0.15, 0.2) is 175 Å². The predicted molar refractivity (Wildman–Crippen MR) is 209 cm³/mol. The molecule has 0 bridgehead atoms. The van der Waals surface area contributed by atoms with Gasteiger partial charge < -0.3 is 13.7 Å². The molecule has 1 atom stereocenters. The van der Waals surface area contributed by atoms with E-state index in [4.69, 9.17) is 4.98 Å². The number of para-hydroxylation sites is 1. The van der Waals surface area contributed by atoms with Gasteiger partial charge in [-0.15, -0.1) is 0 Å². The largest absolute Gasteiger partial charge is 0.309 e. The second-order valence-corrected chi connectivity index (χ2v) is 17.9. The van der Waals surface area contributed by atoms with Gasteiger partial charge in [0.15, 0.2) is 14.3 Å². The summed E-state index contributed by atoms with van der Waals surface area (Å²) in [5, 5.41) is 5.91. The lowest BCUT2D eigenvalue weighted by molar-refractivity contribution is 0.591. The summed E-state index contributed by atoms with van der Waals surface area (Å²) >= 11 is 0. The summed E-state index contributed by atoms with van der Waals surface area (Å²) in [6, 6.07) is 55.6. The summed E-state index contributed by atoms with van der Waals surface area (Å²) in [5.74, 6) is 0. The lowest BCUT2D eigenvalue weighted by Gasteiger charge is -2.21. The Hall–Kier alpha value is -5.60. The van der Waals surface area contributed by atoms with Crippen molar-refractivity contribution in [3.63, 3.8) is 0 Å². The molecule has 8 aromatic rings. The number of nitrogens with zero attached hydrogens (tertiary/aromatic N) is 3. The van der Waals surface area contributed by atoms with Crippen molar-refractivity contribution < 1.29 is 9.13 Å². The molecule has 0 fully saturated rings. The topological polar surface area (TPSA) is 64.3 Å². The van der Waals surface area contributed by atoms with Gasteiger partial charge in [0.2, 0.25) is 0 Å². The van der Waals surface area contributed by atoms with Gasteiger partial charge in [-0.1, -0.05) is 109 Å². The molecule has 3 heterocycles. The Bertz CT molecular complexity index is 2630. The Morgan fingerprint density at radius 2 is 1.02 bits per heavy atom. The molecule has 50 heavy (non-hydrogen) atoms. The second kappa shape index (κ2) is 12.1. The predicted octanol–water partition coefficient (Wildman–Crippen LogP) is 7.39. The lowest BCUT2D eigenvalue weighted by atomic mass is 10.1. The molecular formula is C43H31N3O2P2. The van der Waals surface area contributed by atoms with Gasteiger partial charge in [0.25, 0.3) is 0 Å². The van der Waals surface area contributed by atoms with Gasteiger partial charge in [0, 0.05) is 54.8 Å². The molecule has 0 aliphatic carbocycles. The molecule has 1 unspecified atom stereocenters. The van der Waals surface area contributed by atoms with E-state index in [0.717, 1.165) is 65.3 Å². The second-order valence-electron chi connectivity index (χ2n) is 12.5. The Kier molecular flexibility index (Phi) is 7.35.